The summed E-state index contributed by atoms with van der Waals surface area (Å²) in [5, 5.41) is 6.20. The van der Waals surface area contributed by atoms with Crippen LogP contribution in [0.1, 0.15) is 10.4 Å². The molecule has 2 N–H and O–H groups in total. The van der Waals surface area contributed by atoms with Crippen LogP contribution in [0.25, 0.3) is 11.0 Å². The van der Waals surface area contributed by atoms with Gasteiger partial charge in [-0.1, -0.05) is 17.7 Å². The first kappa shape index (κ1) is 22.9. The summed E-state index contributed by atoms with van der Waals surface area (Å²) in [7, 11) is 0. The van der Waals surface area contributed by atoms with Gasteiger partial charge in [0, 0.05) is 60.7 Å². The predicted molar refractivity (Wildman–Crippen MR) is 130 cm³/mol. The first-order valence-corrected chi connectivity index (χ1v) is 11.3. The smallest absolute Gasteiger partial charge is 0.255 e. The van der Waals surface area contributed by atoms with Gasteiger partial charge in [-0.15, -0.1) is 0 Å². The lowest BCUT2D eigenvalue weighted by Gasteiger charge is -2.28. The number of rotatable bonds is 5. The summed E-state index contributed by atoms with van der Waals surface area (Å²) in [6.07, 6.45) is 1.72. The summed E-state index contributed by atoms with van der Waals surface area (Å²) in [5.74, 6) is -2.25. The molecule has 7 nitrogen and oxygen atoms in total. The Morgan fingerprint density at radius 1 is 1.06 bits per heavy atom. The third-order valence-corrected chi connectivity index (χ3v) is 5.74. The second-order valence-electron chi connectivity index (χ2n) is 7.95. The number of amides is 1. The number of nitrogens with one attached hydrogen (secondary N) is 2. The Hall–Kier alpha value is -3.82. The molecule has 0 saturated carbocycles. The number of hydrogen-bond donors (Lipinski definition) is 2. The van der Waals surface area contributed by atoms with Gasteiger partial charge in [0.25, 0.3) is 5.91 Å². The van der Waals surface area contributed by atoms with Gasteiger partial charge in [0.05, 0.1) is 17.2 Å². The number of piperazine rings is 1. The Labute approximate surface area is 204 Å². The number of halogens is 3. The lowest BCUT2D eigenvalue weighted by molar-refractivity contribution is 0.102. The zero-order chi connectivity index (χ0) is 24.4. The zero-order valence-electron chi connectivity index (χ0n) is 18.4. The van der Waals surface area contributed by atoms with Crippen LogP contribution in [0.15, 0.2) is 60.8 Å². The highest BCUT2D eigenvalue weighted by Gasteiger charge is 2.17. The van der Waals surface area contributed by atoms with Gasteiger partial charge in [-0.3, -0.25) is 9.78 Å². The van der Waals surface area contributed by atoms with Crippen LogP contribution < -0.4 is 20.3 Å². The number of aromatic nitrogens is 2. The van der Waals surface area contributed by atoms with Crippen molar-refractivity contribution in [3.8, 4) is 11.5 Å². The first-order valence-electron chi connectivity index (χ1n) is 10.9. The Balaban J connectivity index is 1.40. The Kier molecular flexibility index (Phi) is 6.43. The van der Waals surface area contributed by atoms with Crippen molar-refractivity contribution in [1.82, 2.24) is 15.3 Å². The maximum atomic E-state index is 14.5. The van der Waals surface area contributed by atoms with Crippen molar-refractivity contribution in [3.63, 3.8) is 0 Å². The highest BCUT2D eigenvalue weighted by molar-refractivity contribution is 6.31. The maximum absolute atomic E-state index is 14.5. The molecule has 1 aliphatic heterocycles. The Bertz CT molecular complexity index is 1410. The summed E-state index contributed by atoms with van der Waals surface area (Å²) in [5.41, 5.74) is 1.51. The molecule has 35 heavy (non-hydrogen) atoms. The van der Waals surface area contributed by atoms with E-state index in [1.165, 1.54) is 12.1 Å². The summed E-state index contributed by atoms with van der Waals surface area (Å²) in [6.45, 7) is 3.35. The molecule has 3 aromatic carbocycles. The monoisotopic (exact) mass is 495 g/mol. The third-order valence-electron chi connectivity index (χ3n) is 5.51. The average molecular weight is 496 g/mol. The normalized spacial score (nSPS) is 13.6. The molecule has 0 radical (unpaired) electrons. The van der Waals surface area contributed by atoms with Crippen LogP contribution in [0.2, 0.25) is 5.02 Å². The first-order chi connectivity index (χ1) is 17.0. The number of fused-ring (bicyclic) bond motifs is 1. The third kappa shape index (κ3) is 5.16. The van der Waals surface area contributed by atoms with E-state index in [0.717, 1.165) is 38.1 Å². The largest absolute Gasteiger partial charge is 0.454 e. The van der Waals surface area contributed by atoms with Gasteiger partial charge in [-0.25, -0.2) is 9.37 Å². The molecule has 0 spiro atoms. The van der Waals surface area contributed by atoms with Crippen molar-refractivity contribution in [2.75, 3.05) is 36.4 Å². The molecule has 4 aromatic rings. The molecule has 10 heteroatoms. The zero-order valence-corrected chi connectivity index (χ0v) is 19.1. The van der Waals surface area contributed by atoms with Crippen LogP contribution in [0.5, 0.6) is 11.5 Å². The summed E-state index contributed by atoms with van der Waals surface area (Å²) >= 11 is 5.92. The summed E-state index contributed by atoms with van der Waals surface area (Å²) in [6, 6.07) is 13.3. The van der Waals surface area contributed by atoms with Gasteiger partial charge >= 0.3 is 0 Å². The topological polar surface area (TPSA) is 79.4 Å². The van der Waals surface area contributed by atoms with E-state index < -0.39 is 17.5 Å². The van der Waals surface area contributed by atoms with E-state index >= 15 is 0 Å². The van der Waals surface area contributed by atoms with E-state index in [4.69, 9.17) is 16.3 Å². The van der Waals surface area contributed by atoms with Crippen LogP contribution in [0.4, 0.5) is 20.3 Å². The molecule has 5 rings (SSSR count). The van der Waals surface area contributed by atoms with Crippen molar-refractivity contribution in [2.24, 2.45) is 0 Å². The average Bonchev–Trinajstić information content (AvgIpc) is 2.87. The number of hydrogen-bond acceptors (Lipinski definition) is 6. The Morgan fingerprint density at radius 2 is 1.89 bits per heavy atom. The summed E-state index contributed by atoms with van der Waals surface area (Å²) < 4.78 is 34.5. The van der Waals surface area contributed by atoms with Crippen molar-refractivity contribution < 1.29 is 18.3 Å². The van der Waals surface area contributed by atoms with Crippen LogP contribution >= 0.6 is 11.6 Å². The molecular weight excluding hydrogens is 476 g/mol. The van der Waals surface area contributed by atoms with Gasteiger partial charge in [-0.05, 0) is 30.3 Å². The molecule has 0 atom stereocenters. The molecule has 1 aliphatic rings. The second-order valence-corrected chi connectivity index (χ2v) is 8.39. The molecular formula is C25H20ClF2N5O2. The van der Waals surface area contributed by atoms with Gasteiger partial charge in [-0.2, -0.15) is 4.39 Å². The maximum Gasteiger partial charge on any atom is 0.255 e. The number of ether oxygens (including phenoxy) is 1. The lowest BCUT2D eigenvalue weighted by atomic mass is 10.2. The predicted octanol–water partition coefficient (Wildman–Crippen LogP) is 5.02. The molecule has 1 amide bonds. The minimum absolute atomic E-state index is 0.0328. The molecule has 1 saturated heterocycles. The molecule has 1 aromatic heterocycles. The van der Waals surface area contributed by atoms with E-state index in [9.17, 15) is 13.6 Å². The minimum Gasteiger partial charge on any atom is -0.454 e. The van der Waals surface area contributed by atoms with Crippen LogP contribution in [0, 0.1) is 11.6 Å². The minimum atomic E-state index is -1.17. The molecule has 1 fully saturated rings. The number of benzene rings is 3. The fourth-order valence-corrected chi connectivity index (χ4v) is 3.95. The lowest BCUT2D eigenvalue weighted by Crippen LogP contribution is -2.43. The molecule has 0 aliphatic carbocycles. The SMILES string of the molecule is O=C(Nc1cc(F)c(F)c(Oc2ccc3ncc(N4CCNCC4)nc3c2)c1)c1cccc(Cl)c1. The highest BCUT2D eigenvalue weighted by Crippen LogP contribution is 2.31. The molecule has 0 bridgehead atoms. The highest BCUT2D eigenvalue weighted by atomic mass is 35.5. The standard InChI is InChI=1S/C25H20ClF2N5O2/c26-16-3-1-2-15(10-16)25(34)31-17-11-19(27)24(28)22(12-17)35-18-4-5-20-21(13-18)32-23(14-30-20)33-8-6-29-7-9-33/h1-5,10-14,29H,6-9H2,(H,31,34). The van der Waals surface area contributed by atoms with E-state index in [2.05, 4.69) is 25.5 Å². The number of nitrogens with zero attached hydrogens (tertiary/aromatic N) is 3. The van der Waals surface area contributed by atoms with E-state index in [1.54, 1.807) is 42.6 Å². The molecule has 2 heterocycles. The van der Waals surface area contributed by atoms with Gasteiger partial charge < -0.3 is 20.3 Å². The van der Waals surface area contributed by atoms with Crippen LogP contribution in [0.3, 0.4) is 0 Å². The van der Waals surface area contributed by atoms with E-state index in [1.807, 2.05) is 0 Å². The fourth-order valence-electron chi connectivity index (χ4n) is 3.76. The van der Waals surface area contributed by atoms with Crippen LogP contribution in [-0.2, 0) is 0 Å². The van der Waals surface area contributed by atoms with Gasteiger partial charge in [0.15, 0.2) is 11.6 Å². The van der Waals surface area contributed by atoms with Crippen molar-refractivity contribution in [2.45, 2.75) is 0 Å². The molecule has 0 unspecified atom stereocenters. The van der Waals surface area contributed by atoms with E-state index in [-0.39, 0.29) is 22.7 Å². The number of carbonyl (C=O) groups excluding carboxylic acids is 1. The van der Waals surface area contributed by atoms with Crippen LogP contribution in [-0.4, -0.2) is 42.1 Å². The van der Waals surface area contributed by atoms with Gasteiger partial charge in [0.2, 0.25) is 5.82 Å². The quantitative estimate of drug-likeness (QED) is 0.405. The molecule has 178 valence electrons. The van der Waals surface area contributed by atoms with Crippen molar-refractivity contribution in [3.05, 3.63) is 83.0 Å². The Morgan fingerprint density at radius 3 is 2.69 bits per heavy atom. The van der Waals surface area contributed by atoms with Crippen molar-refractivity contribution >= 4 is 40.0 Å². The fraction of sp³-hybridized carbons (Fsp3) is 0.160. The van der Waals surface area contributed by atoms with E-state index in [0.29, 0.717) is 16.1 Å². The number of anilines is 2. The van der Waals surface area contributed by atoms with Crippen molar-refractivity contribution in [1.29, 1.82) is 0 Å². The second kappa shape index (κ2) is 9.81. The van der Waals surface area contributed by atoms with Gasteiger partial charge in [0.1, 0.15) is 11.6 Å². The number of carbonyl (C=O) groups is 1. The summed E-state index contributed by atoms with van der Waals surface area (Å²) in [4.78, 5) is 23.7.